The Labute approximate surface area is 120 Å². The zero-order chi connectivity index (χ0) is 14.0. The molecule has 0 aliphatic heterocycles. The van der Waals surface area contributed by atoms with Gasteiger partial charge >= 0.3 is 0 Å². The summed E-state index contributed by atoms with van der Waals surface area (Å²) in [5.41, 5.74) is 11.4. The fourth-order valence-electron chi connectivity index (χ4n) is 0.996. The third kappa shape index (κ3) is 13.3. The van der Waals surface area contributed by atoms with E-state index in [0.29, 0.717) is 18.6 Å². The van der Waals surface area contributed by atoms with E-state index in [-0.39, 0.29) is 23.6 Å². The molecule has 0 aromatic carbocycles. The fourth-order valence-corrected chi connectivity index (χ4v) is 4.44. The molecule has 0 radical (unpaired) electrons. The first-order valence-electron chi connectivity index (χ1n) is 5.32. The summed E-state index contributed by atoms with van der Waals surface area (Å²) in [6.45, 7) is 0. The lowest BCUT2D eigenvalue weighted by Gasteiger charge is -2.10. The van der Waals surface area contributed by atoms with Crippen LogP contribution in [0.3, 0.4) is 0 Å². The normalized spacial score (nSPS) is 18.2. The van der Waals surface area contributed by atoms with Crippen molar-refractivity contribution in [3.63, 3.8) is 0 Å². The SMILES string of the molecule is N[C@@H](CCS(=O)O)CSSCC[C@H](N)CS(=O)O. The molecule has 6 nitrogen and oxygen atoms in total. The molecular formula is C8H20N2O4S4. The van der Waals surface area contributed by atoms with Crippen LogP contribution in [0, 0.1) is 0 Å². The second-order valence-corrected chi connectivity index (χ2v) is 8.37. The van der Waals surface area contributed by atoms with Crippen LogP contribution in [0.15, 0.2) is 0 Å². The number of rotatable bonds is 11. The van der Waals surface area contributed by atoms with Crippen molar-refractivity contribution in [1.82, 2.24) is 0 Å². The Hall–Kier alpha value is 0.840. The monoisotopic (exact) mass is 336 g/mol. The third-order valence-corrected chi connectivity index (χ3v) is 5.80. The van der Waals surface area contributed by atoms with Crippen LogP contribution in [-0.4, -0.2) is 52.6 Å². The molecule has 0 bridgehead atoms. The summed E-state index contributed by atoms with van der Waals surface area (Å²) in [4.78, 5) is 0. The van der Waals surface area contributed by atoms with Crippen molar-refractivity contribution in [2.45, 2.75) is 24.9 Å². The quantitative estimate of drug-likeness (QED) is 0.240. The molecule has 2 unspecified atom stereocenters. The zero-order valence-electron chi connectivity index (χ0n) is 9.90. The Kier molecular flexibility index (Phi) is 12.2. The van der Waals surface area contributed by atoms with Gasteiger partial charge in [-0.25, -0.2) is 8.42 Å². The molecule has 0 aliphatic rings. The molecular weight excluding hydrogens is 316 g/mol. The summed E-state index contributed by atoms with van der Waals surface area (Å²) in [7, 11) is 3.20. The second-order valence-electron chi connectivity index (χ2n) is 3.72. The van der Waals surface area contributed by atoms with E-state index in [1.165, 1.54) is 0 Å². The molecule has 0 heterocycles. The minimum absolute atomic E-state index is 0.0859. The molecule has 0 spiro atoms. The summed E-state index contributed by atoms with van der Waals surface area (Å²) in [5, 5.41) is 0. The zero-order valence-corrected chi connectivity index (χ0v) is 13.2. The first kappa shape index (κ1) is 18.8. The first-order chi connectivity index (χ1) is 8.41. The van der Waals surface area contributed by atoms with Crippen molar-refractivity contribution < 1.29 is 17.5 Å². The van der Waals surface area contributed by atoms with Crippen LogP contribution in [0.2, 0.25) is 0 Å². The lowest BCUT2D eigenvalue weighted by Crippen LogP contribution is -2.27. The minimum atomic E-state index is -1.83. The lowest BCUT2D eigenvalue weighted by atomic mass is 10.3. The summed E-state index contributed by atoms with van der Waals surface area (Å²) in [6, 6.07) is -0.341. The van der Waals surface area contributed by atoms with E-state index in [4.69, 9.17) is 20.6 Å². The summed E-state index contributed by atoms with van der Waals surface area (Å²) < 4.78 is 38.1. The van der Waals surface area contributed by atoms with Gasteiger partial charge in [0, 0.05) is 23.6 Å². The van der Waals surface area contributed by atoms with Crippen LogP contribution < -0.4 is 11.5 Å². The largest absolute Gasteiger partial charge is 0.327 e. The molecule has 18 heavy (non-hydrogen) atoms. The van der Waals surface area contributed by atoms with Gasteiger partial charge in [0.25, 0.3) is 0 Å². The van der Waals surface area contributed by atoms with Gasteiger partial charge in [0.2, 0.25) is 0 Å². The van der Waals surface area contributed by atoms with E-state index in [1.54, 1.807) is 21.6 Å². The van der Waals surface area contributed by atoms with Gasteiger partial charge < -0.3 is 20.6 Å². The van der Waals surface area contributed by atoms with Gasteiger partial charge in [-0.2, -0.15) is 0 Å². The predicted octanol–water partition coefficient (Wildman–Crippen LogP) is 0.246. The van der Waals surface area contributed by atoms with Gasteiger partial charge in [0.1, 0.15) is 0 Å². The Balaban J connectivity index is 3.39. The van der Waals surface area contributed by atoms with Crippen LogP contribution in [0.5, 0.6) is 0 Å². The average molecular weight is 337 g/mol. The predicted molar refractivity (Wildman–Crippen MR) is 81.4 cm³/mol. The topological polar surface area (TPSA) is 127 Å². The molecule has 6 N–H and O–H groups in total. The smallest absolute Gasteiger partial charge is 0.154 e. The van der Waals surface area contributed by atoms with Crippen molar-refractivity contribution in [2.75, 3.05) is 23.0 Å². The van der Waals surface area contributed by atoms with Gasteiger partial charge in [0.05, 0.1) is 11.5 Å². The van der Waals surface area contributed by atoms with Gasteiger partial charge in [0.15, 0.2) is 22.2 Å². The van der Waals surface area contributed by atoms with E-state index in [1.807, 2.05) is 0 Å². The number of nitrogens with two attached hydrogens (primary N) is 2. The van der Waals surface area contributed by atoms with E-state index >= 15 is 0 Å². The fraction of sp³-hybridized carbons (Fsp3) is 1.00. The number of hydrogen-bond acceptors (Lipinski definition) is 6. The van der Waals surface area contributed by atoms with Gasteiger partial charge in [-0.15, -0.1) is 0 Å². The molecule has 0 amide bonds. The summed E-state index contributed by atoms with van der Waals surface area (Å²) in [5.74, 6) is 1.82. The van der Waals surface area contributed by atoms with Gasteiger partial charge in [-0.05, 0) is 12.8 Å². The van der Waals surface area contributed by atoms with Crippen molar-refractivity contribution >= 4 is 43.7 Å². The third-order valence-electron chi connectivity index (χ3n) is 1.96. The summed E-state index contributed by atoms with van der Waals surface area (Å²) in [6.07, 6.45) is 1.21. The van der Waals surface area contributed by atoms with E-state index in [2.05, 4.69) is 0 Å². The highest BCUT2D eigenvalue weighted by Gasteiger charge is 2.08. The summed E-state index contributed by atoms with van der Waals surface area (Å²) >= 11 is -3.60. The molecule has 0 aliphatic carbocycles. The average Bonchev–Trinajstić information content (AvgIpc) is 2.24. The molecule has 4 atom stereocenters. The maximum atomic E-state index is 10.5. The van der Waals surface area contributed by atoms with Gasteiger partial charge in [-0.1, -0.05) is 21.6 Å². The van der Waals surface area contributed by atoms with Crippen LogP contribution in [0.1, 0.15) is 12.8 Å². The maximum absolute atomic E-state index is 10.5. The lowest BCUT2D eigenvalue weighted by molar-refractivity contribution is 0.553. The second kappa shape index (κ2) is 11.6. The standard InChI is InChI=1S/C8H20N2O4S4/c9-7(2-4-17(11)12)5-16-15-3-1-8(10)6-18(13)14/h7-8H,1-6,9-10H2,(H,11,12)(H,13,14)/t7-,8-/m0/s1. The van der Waals surface area contributed by atoms with Crippen molar-refractivity contribution in [3.05, 3.63) is 0 Å². The Morgan fingerprint density at radius 3 is 2.22 bits per heavy atom. The molecule has 0 saturated carbocycles. The van der Waals surface area contributed by atoms with Crippen LogP contribution in [0.25, 0.3) is 0 Å². The van der Waals surface area contributed by atoms with Crippen molar-refractivity contribution in [2.24, 2.45) is 11.5 Å². The minimum Gasteiger partial charge on any atom is -0.327 e. The van der Waals surface area contributed by atoms with E-state index in [9.17, 15) is 8.42 Å². The molecule has 0 aromatic rings. The molecule has 10 heteroatoms. The highest BCUT2D eigenvalue weighted by atomic mass is 33.1. The van der Waals surface area contributed by atoms with Crippen molar-refractivity contribution in [3.8, 4) is 0 Å². The van der Waals surface area contributed by atoms with E-state index in [0.717, 1.165) is 5.75 Å². The number of hydrogen-bond donors (Lipinski definition) is 4. The van der Waals surface area contributed by atoms with Crippen molar-refractivity contribution in [1.29, 1.82) is 0 Å². The van der Waals surface area contributed by atoms with Crippen LogP contribution in [0.4, 0.5) is 0 Å². The molecule has 110 valence electrons. The van der Waals surface area contributed by atoms with E-state index < -0.39 is 22.2 Å². The van der Waals surface area contributed by atoms with Gasteiger partial charge in [-0.3, -0.25) is 0 Å². The highest BCUT2D eigenvalue weighted by Crippen LogP contribution is 2.23. The molecule has 0 rings (SSSR count). The first-order valence-corrected chi connectivity index (χ1v) is 10.4. The highest BCUT2D eigenvalue weighted by molar-refractivity contribution is 8.76. The van der Waals surface area contributed by atoms with Crippen LogP contribution in [-0.2, 0) is 22.2 Å². The Morgan fingerprint density at radius 1 is 1.00 bits per heavy atom. The Bertz CT molecular complexity index is 269. The Morgan fingerprint density at radius 2 is 1.67 bits per heavy atom. The maximum Gasteiger partial charge on any atom is 0.154 e. The molecule has 0 fully saturated rings. The van der Waals surface area contributed by atoms with Crippen LogP contribution >= 0.6 is 21.6 Å². The molecule has 0 saturated heterocycles. The molecule has 0 aromatic heterocycles.